The van der Waals surface area contributed by atoms with Crippen LogP contribution in [0, 0.1) is 36.4 Å². The summed E-state index contributed by atoms with van der Waals surface area (Å²) in [4.78, 5) is 41.6. The van der Waals surface area contributed by atoms with Crippen LogP contribution >= 0.6 is 0 Å². The number of fused-ring (bicyclic) bond motifs is 12. The van der Waals surface area contributed by atoms with Crippen LogP contribution in [0.15, 0.2) is 365 Å². The molecule has 24 rings (SSSR count). The standard InChI is InChI=1S/3C36H23N5.3Pt/c1-40-33-12-5-3-10-31(33)39-36(40)26-14-16-29-28-8-2-4-11-32(28)41(35(29)23-26)34-22-25(30-9-6-7-19-38-30)13-15-27(34)24-17-20-37-21-18-24;1-40-34-12-5-3-10-32(34)39-36(40)25-13-14-30-29-8-2-4-11-33(29)41(35(30)23-25)28-21-26(24-15-18-37-19-16-24)20-27(22-28)31-9-6-7-17-38-31;1-40-33-14-7-11-28(24-17-20-37-21-18-24)35(33)39-36(40)26-15-16-30-29-10-2-3-13-32(29)41(34(30)23-26)27-9-6-8-25(22-27)31-12-4-5-19-38-31;;;/h3*2-21H,1H3;;;/q3*-2;3*+2. The molecule has 126 heavy (non-hydrogen) atoms. The molecule has 0 amide bonds. The summed E-state index contributed by atoms with van der Waals surface area (Å²) in [6.07, 6.45) is 16.4. The molecule has 18 heteroatoms. The second kappa shape index (κ2) is 34.6. The first kappa shape index (κ1) is 81.1. The molecule has 0 saturated carbocycles. The molecule has 12 aromatic heterocycles. The van der Waals surface area contributed by atoms with Crippen molar-refractivity contribution in [3.8, 4) is 118 Å². The topological polar surface area (TPSA) is 146 Å². The monoisotopic (exact) mass is 2160 g/mol. The third-order valence-electron chi connectivity index (χ3n) is 23.0. The fourth-order valence-corrected chi connectivity index (χ4v) is 17.2. The molecule has 15 nitrogen and oxygen atoms in total. The zero-order chi connectivity index (χ0) is 82.0. The van der Waals surface area contributed by atoms with E-state index in [1.165, 1.54) is 5.39 Å². The normalized spacial score (nSPS) is 11.3. The molecule has 0 unspecified atom stereocenters. The van der Waals surface area contributed by atoms with Gasteiger partial charge in [0.25, 0.3) is 0 Å². The van der Waals surface area contributed by atoms with Crippen LogP contribution in [0.4, 0.5) is 0 Å². The van der Waals surface area contributed by atoms with Crippen LogP contribution in [0.2, 0.25) is 0 Å². The Hall–Kier alpha value is -14.6. The molecule has 0 spiro atoms. The van der Waals surface area contributed by atoms with Crippen LogP contribution < -0.4 is 0 Å². The van der Waals surface area contributed by atoms with E-state index in [2.05, 4.69) is 297 Å². The first-order valence-corrected chi connectivity index (χ1v) is 40.6. The molecular formula is C108H69N15Pt3. The summed E-state index contributed by atoms with van der Waals surface area (Å²) in [5.74, 6) is 2.63. The second-order valence-electron chi connectivity index (χ2n) is 30.2. The molecule has 0 saturated heterocycles. The van der Waals surface area contributed by atoms with Crippen LogP contribution in [0.3, 0.4) is 0 Å². The van der Waals surface area contributed by atoms with E-state index in [1.54, 1.807) is 0 Å². The van der Waals surface area contributed by atoms with Crippen molar-refractivity contribution in [1.29, 1.82) is 0 Å². The van der Waals surface area contributed by atoms with Gasteiger partial charge in [-0.3, -0.25) is 29.9 Å². The van der Waals surface area contributed by atoms with Crippen LogP contribution in [0.1, 0.15) is 0 Å². The fraction of sp³-hybridized carbons (Fsp3) is 0.0278. The van der Waals surface area contributed by atoms with Crippen LogP contribution in [0.5, 0.6) is 0 Å². The minimum absolute atomic E-state index is 0. The predicted molar refractivity (Wildman–Crippen MR) is 494 cm³/mol. The van der Waals surface area contributed by atoms with E-state index < -0.39 is 0 Å². The third kappa shape index (κ3) is 14.6. The summed E-state index contributed by atoms with van der Waals surface area (Å²) in [6.45, 7) is 0. The molecule has 0 radical (unpaired) electrons. The molecule has 0 aliphatic rings. The van der Waals surface area contributed by atoms with Crippen LogP contribution in [-0.2, 0) is 84.3 Å². The van der Waals surface area contributed by atoms with E-state index in [4.69, 9.17) is 15.0 Å². The van der Waals surface area contributed by atoms with Crippen LogP contribution in [-0.4, -0.2) is 72.3 Å². The Bertz CT molecular complexity index is 8110. The van der Waals surface area contributed by atoms with E-state index in [0.717, 1.165) is 212 Å². The van der Waals surface area contributed by atoms with E-state index in [9.17, 15) is 0 Å². The number of aromatic nitrogens is 15. The Morgan fingerprint density at radius 3 is 1.13 bits per heavy atom. The van der Waals surface area contributed by atoms with Crippen molar-refractivity contribution in [3.63, 3.8) is 0 Å². The number of imidazole rings is 3. The van der Waals surface area contributed by atoms with Gasteiger partial charge in [-0.1, -0.05) is 160 Å². The van der Waals surface area contributed by atoms with Gasteiger partial charge >= 0.3 is 63.2 Å². The van der Waals surface area contributed by atoms with Crippen LogP contribution in [0.25, 0.3) is 217 Å². The Kier molecular flexibility index (Phi) is 22.3. The maximum absolute atomic E-state index is 5.16. The summed E-state index contributed by atoms with van der Waals surface area (Å²) in [7, 11) is 6.19. The zero-order valence-corrected chi connectivity index (χ0v) is 74.6. The number of pyridine rings is 6. The first-order chi connectivity index (χ1) is 60.8. The van der Waals surface area contributed by atoms with Crippen molar-refractivity contribution in [3.05, 3.63) is 402 Å². The molecule has 0 bridgehead atoms. The number of para-hydroxylation sites is 8. The number of benzene rings is 12. The third-order valence-corrected chi connectivity index (χ3v) is 23.0. The summed E-state index contributed by atoms with van der Waals surface area (Å²) in [5, 5.41) is 6.89. The molecule has 0 fully saturated rings. The van der Waals surface area contributed by atoms with Gasteiger partial charge in [0.05, 0.1) is 50.6 Å². The maximum Gasteiger partial charge on any atom is 2.00 e. The van der Waals surface area contributed by atoms with Crippen molar-refractivity contribution in [2.24, 2.45) is 21.1 Å². The van der Waals surface area contributed by atoms with Crippen molar-refractivity contribution in [2.45, 2.75) is 0 Å². The minimum Gasteiger partial charge on any atom is -0.367 e. The van der Waals surface area contributed by atoms with E-state index in [1.807, 2.05) is 183 Å². The van der Waals surface area contributed by atoms with Gasteiger partial charge in [-0.15, -0.1) is 149 Å². The number of hydrogen-bond acceptors (Lipinski definition) is 9. The zero-order valence-electron chi connectivity index (χ0n) is 67.8. The van der Waals surface area contributed by atoms with Crippen molar-refractivity contribution in [2.75, 3.05) is 0 Å². The SMILES string of the molecule is Cn1c(-c2[c-]c3c(cc2)c2ccccc2n3-c2[c-]c(-c3ccccn3)cc(-c3ccncc3)c2)nc2ccccc21.Cn1c(-c2[c-]c3c(cc2)c2ccccc2n3-c2[c-]c(-c3ccccn3)ccc2)nc2c(-c3ccncc3)cccc21.Cn1c(-c2[c-]c3c(cc2)c2ccccc2n3-c2[c-]c(-c3ccccn3)ccc2-c2ccncc2)nc2ccccc21.[Pt+2].[Pt+2].[Pt+2]. The molecule has 0 aliphatic heterocycles. The minimum atomic E-state index is 0. The smallest absolute Gasteiger partial charge is 0.367 e. The Morgan fingerprint density at radius 2 is 0.627 bits per heavy atom. The van der Waals surface area contributed by atoms with Gasteiger partial charge in [-0.25, -0.2) is 0 Å². The number of hydrogen-bond donors (Lipinski definition) is 0. The van der Waals surface area contributed by atoms with Gasteiger partial charge in [0, 0.05) is 99.0 Å². The van der Waals surface area contributed by atoms with Gasteiger partial charge in [-0.2, -0.15) is 0 Å². The summed E-state index contributed by atoms with van der Waals surface area (Å²) in [5.41, 5.74) is 29.9. The van der Waals surface area contributed by atoms with E-state index in [0.29, 0.717) is 0 Å². The molecule has 24 aromatic rings. The molecular weight excluding hydrogens is 2090 g/mol. The number of nitrogens with zero attached hydrogens (tertiary/aromatic N) is 15. The number of rotatable bonds is 12. The Morgan fingerprint density at radius 1 is 0.238 bits per heavy atom. The molecule has 606 valence electrons. The summed E-state index contributed by atoms with van der Waals surface area (Å²) < 4.78 is 13.2. The number of aryl methyl sites for hydroxylation is 3. The quantitative estimate of drug-likeness (QED) is 0.109. The van der Waals surface area contributed by atoms with Gasteiger partial charge in [0.1, 0.15) is 0 Å². The van der Waals surface area contributed by atoms with Crippen molar-refractivity contribution < 1.29 is 63.2 Å². The molecule has 0 N–H and O–H groups in total. The van der Waals surface area contributed by atoms with Crippen molar-refractivity contribution >= 4 is 98.5 Å². The Balaban J connectivity index is 0.000000122. The van der Waals surface area contributed by atoms with E-state index in [-0.39, 0.29) is 63.2 Å². The maximum atomic E-state index is 5.16. The predicted octanol–water partition coefficient (Wildman–Crippen LogP) is 24.2. The van der Waals surface area contributed by atoms with Crippen molar-refractivity contribution in [1.82, 2.24) is 72.3 Å². The van der Waals surface area contributed by atoms with E-state index >= 15 is 0 Å². The summed E-state index contributed by atoms with van der Waals surface area (Å²) in [6, 6.07) is 128. The van der Waals surface area contributed by atoms with Gasteiger partial charge < -0.3 is 42.4 Å². The second-order valence-corrected chi connectivity index (χ2v) is 30.2. The molecule has 0 atom stereocenters. The molecule has 12 heterocycles. The fourth-order valence-electron chi connectivity index (χ4n) is 17.2. The van der Waals surface area contributed by atoms with Gasteiger partial charge in [-0.05, 0) is 181 Å². The molecule has 0 aliphatic carbocycles. The van der Waals surface area contributed by atoms with Gasteiger partial charge in [0.2, 0.25) is 0 Å². The van der Waals surface area contributed by atoms with Gasteiger partial charge in [0.15, 0.2) is 0 Å². The summed E-state index contributed by atoms with van der Waals surface area (Å²) >= 11 is 0. The largest absolute Gasteiger partial charge is 2.00 e. The molecule has 12 aromatic carbocycles. The average molecular weight is 2160 g/mol. The Labute approximate surface area is 768 Å². The average Bonchev–Trinajstić information content (AvgIpc) is 1.59. The first-order valence-electron chi connectivity index (χ1n) is 40.6.